The summed E-state index contributed by atoms with van der Waals surface area (Å²) in [7, 11) is 0. The minimum atomic E-state index is -0.742. The third kappa shape index (κ3) is 3.04. The number of hydrogen-bond donors (Lipinski definition) is 0. The number of benzene rings is 2. The number of aromatic nitrogens is 2. The van der Waals surface area contributed by atoms with E-state index in [-0.39, 0.29) is 5.56 Å². The van der Waals surface area contributed by atoms with Crippen LogP contribution in [0.15, 0.2) is 53.3 Å². The van der Waals surface area contributed by atoms with Crippen molar-refractivity contribution in [1.82, 2.24) is 9.13 Å². The zero-order valence-electron chi connectivity index (χ0n) is 17.4. The Morgan fingerprint density at radius 1 is 0.897 bits per heavy atom. The molecule has 4 rings (SSSR count). The lowest BCUT2D eigenvalue weighted by Crippen LogP contribution is -2.33. The molecule has 0 fully saturated rings. The lowest BCUT2D eigenvalue weighted by molar-refractivity contribution is 0.127. The average molecular weight is 407 g/mol. The first-order valence-electron chi connectivity index (χ1n) is 10.1. The molecule has 1 aliphatic heterocycles. The van der Waals surface area contributed by atoms with Gasteiger partial charge >= 0.3 is 0 Å². The molecule has 0 unspecified atom stereocenters. The van der Waals surface area contributed by atoms with Gasteiger partial charge in [0.05, 0.1) is 5.56 Å². The van der Waals surface area contributed by atoms with E-state index in [1.807, 2.05) is 18.4 Å². The van der Waals surface area contributed by atoms with Crippen LogP contribution in [0.3, 0.4) is 0 Å². The zero-order valence-corrected chi connectivity index (χ0v) is 18.2. The van der Waals surface area contributed by atoms with Crippen LogP contribution in [0.2, 0.25) is 0 Å². The molecule has 2 aromatic carbocycles. The maximum absolute atomic E-state index is 13.2. The molecule has 0 spiro atoms. The van der Waals surface area contributed by atoms with Gasteiger partial charge in [-0.05, 0) is 39.9 Å². The van der Waals surface area contributed by atoms with Gasteiger partial charge in [0.15, 0.2) is 10.4 Å². The minimum Gasteiger partial charge on any atom is -0.462 e. The number of fused-ring (bicyclic) bond motifs is 1. The van der Waals surface area contributed by atoms with Crippen LogP contribution in [0.5, 0.6) is 5.88 Å². The molecule has 3 aromatic rings. The van der Waals surface area contributed by atoms with Crippen molar-refractivity contribution >= 4 is 12.2 Å². The van der Waals surface area contributed by atoms with Crippen LogP contribution in [-0.4, -0.2) is 9.13 Å². The second-order valence-electron chi connectivity index (χ2n) is 7.70. The second-order valence-corrected chi connectivity index (χ2v) is 8.06. The lowest BCUT2D eigenvalue weighted by atomic mass is 9.82. The molecule has 5 heteroatoms. The summed E-state index contributed by atoms with van der Waals surface area (Å²) in [6.07, 6.45) is 0.489. The monoisotopic (exact) mass is 406 g/mol. The zero-order chi connectivity index (χ0) is 20.8. The van der Waals surface area contributed by atoms with Gasteiger partial charge in [0.25, 0.3) is 5.56 Å². The van der Waals surface area contributed by atoms with Gasteiger partial charge in [0, 0.05) is 30.6 Å². The fourth-order valence-corrected chi connectivity index (χ4v) is 4.57. The molecule has 0 aliphatic carbocycles. The largest absolute Gasteiger partial charge is 0.462 e. The van der Waals surface area contributed by atoms with Crippen molar-refractivity contribution in [2.45, 2.75) is 52.8 Å². The van der Waals surface area contributed by atoms with E-state index in [0.29, 0.717) is 35.7 Å². The van der Waals surface area contributed by atoms with Gasteiger partial charge < -0.3 is 4.74 Å². The van der Waals surface area contributed by atoms with Crippen molar-refractivity contribution < 1.29 is 4.74 Å². The van der Waals surface area contributed by atoms with Crippen LogP contribution < -0.4 is 10.3 Å². The molecular formula is C24H26N2O2S. The van der Waals surface area contributed by atoms with E-state index in [1.54, 1.807) is 4.57 Å². The van der Waals surface area contributed by atoms with Gasteiger partial charge in [0.2, 0.25) is 5.88 Å². The van der Waals surface area contributed by atoms with Crippen molar-refractivity contribution in [1.29, 1.82) is 0 Å². The minimum absolute atomic E-state index is 0.0432. The quantitative estimate of drug-likeness (QED) is 0.577. The highest BCUT2D eigenvalue weighted by molar-refractivity contribution is 7.71. The maximum Gasteiger partial charge on any atom is 0.261 e. The van der Waals surface area contributed by atoms with Gasteiger partial charge in [-0.1, -0.05) is 59.7 Å². The van der Waals surface area contributed by atoms with Crippen LogP contribution >= 0.6 is 12.2 Å². The maximum atomic E-state index is 13.2. The standard InChI is InChI=1S/C24H26N2O2S/c1-5-25-21(27)20-15-24(18-11-7-16(3)8-12-18,19-13-9-17(4)10-14-19)28-22(20)26(6-2)23(25)29/h7-14H,5-6,15H2,1-4H3. The van der Waals surface area contributed by atoms with Crippen LogP contribution in [-0.2, 0) is 25.1 Å². The summed E-state index contributed by atoms with van der Waals surface area (Å²) in [4.78, 5) is 13.2. The molecule has 0 amide bonds. The Bertz CT molecular complexity index is 1130. The molecule has 0 bridgehead atoms. The molecule has 0 saturated heterocycles. The Morgan fingerprint density at radius 2 is 1.38 bits per heavy atom. The third-order valence-corrected chi connectivity index (χ3v) is 6.27. The summed E-state index contributed by atoms with van der Waals surface area (Å²) in [6.45, 7) is 9.32. The highest BCUT2D eigenvalue weighted by Crippen LogP contribution is 2.44. The van der Waals surface area contributed by atoms with Crippen molar-refractivity contribution in [2.24, 2.45) is 0 Å². The third-order valence-electron chi connectivity index (χ3n) is 5.83. The second kappa shape index (κ2) is 7.30. The molecule has 0 saturated carbocycles. The topological polar surface area (TPSA) is 36.2 Å². The molecule has 29 heavy (non-hydrogen) atoms. The van der Waals surface area contributed by atoms with Crippen LogP contribution in [0.25, 0.3) is 0 Å². The highest BCUT2D eigenvalue weighted by atomic mass is 32.1. The SMILES string of the molecule is CCn1c2c(c(=O)n(CC)c1=S)CC(c1ccc(C)cc1)(c1ccc(C)cc1)O2. The molecule has 0 atom stereocenters. The van der Waals surface area contributed by atoms with Crippen LogP contribution in [0, 0.1) is 18.6 Å². The molecule has 1 aliphatic rings. The predicted molar refractivity (Wildman–Crippen MR) is 118 cm³/mol. The number of aryl methyl sites for hydroxylation is 2. The molecule has 0 radical (unpaired) electrons. The molecule has 4 nitrogen and oxygen atoms in total. The summed E-state index contributed by atoms with van der Waals surface area (Å²) < 4.78 is 10.8. The van der Waals surface area contributed by atoms with E-state index in [1.165, 1.54) is 11.1 Å². The predicted octanol–water partition coefficient (Wildman–Crippen LogP) is 4.91. The Morgan fingerprint density at radius 3 is 1.83 bits per heavy atom. The summed E-state index contributed by atoms with van der Waals surface area (Å²) in [6, 6.07) is 16.8. The number of ether oxygens (including phenoxy) is 1. The molecular weight excluding hydrogens is 380 g/mol. The Balaban J connectivity index is 2.00. The molecule has 2 heterocycles. The molecule has 0 N–H and O–H groups in total. The highest BCUT2D eigenvalue weighted by Gasteiger charge is 2.45. The van der Waals surface area contributed by atoms with E-state index in [4.69, 9.17) is 17.0 Å². The van der Waals surface area contributed by atoms with Crippen LogP contribution in [0.4, 0.5) is 0 Å². The molecule has 150 valence electrons. The Kier molecular flexibility index (Phi) is 4.95. The van der Waals surface area contributed by atoms with E-state index in [0.717, 1.165) is 11.1 Å². The van der Waals surface area contributed by atoms with E-state index in [9.17, 15) is 4.79 Å². The average Bonchev–Trinajstić information content (AvgIpc) is 3.12. The first kappa shape index (κ1) is 19.6. The first-order chi connectivity index (χ1) is 13.9. The summed E-state index contributed by atoms with van der Waals surface area (Å²) >= 11 is 5.61. The lowest BCUT2D eigenvalue weighted by Gasteiger charge is -2.30. The van der Waals surface area contributed by atoms with Gasteiger partial charge in [0.1, 0.15) is 0 Å². The van der Waals surface area contributed by atoms with Gasteiger partial charge in [-0.3, -0.25) is 13.9 Å². The number of rotatable bonds is 4. The van der Waals surface area contributed by atoms with E-state index >= 15 is 0 Å². The fourth-order valence-electron chi connectivity index (χ4n) is 4.15. The first-order valence-corrected chi connectivity index (χ1v) is 10.5. The van der Waals surface area contributed by atoms with E-state index in [2.05, 4.69) is 62.4 Å². The van der Waals surface area contributed by atoms with Crippen molar-refractivity contribution in [3.05, 3.63) is 91.5 Å². The summed E-state index contributed by atoms with van der Waals surface area (Å²) in [5.74, 6) is 0.605. The van der Waals surface area contributed by atoms with Crippen molar-refractivity contribution in [2.75, 3.05) is 0 Å². The van der Waals surface area contributed by atoms with Gasteiger partial charge in [-0.2, -0.15) is 0 Å². The van der Waals surface area contributed by atoms with Gasteiger partial charge in [-0.15, -0.1) is 0 Å². The smallest absolute Gasteiger partial charge is 0.261 e. The van der Waals surface area contributed by atoms with Crippen molar-refractivity contribution in [3.8, 4) is 5.88 Å². The summed E-state index contributed by atoms with van der Waals surface area (Å²) in [5, 5.41) is 0. The summed E-state index contributed by atoms with van der Waals surface area (Å²) in [5.41, 5.74) is 4.37. The Hall–Kier alpha value is -2.66. The van der Waals surface area contributed by atoms with E-state index < -0.39 is 5.60 Å². The number of hydrogen-bond acceptors (Lipinski definition) is 3. The fraction of sp³-hybridized carbons (Fsp3) is 0.333. The number of nitrogens with zero attached hydrogens (tertiary/aromatic N) is 2. The molecule has 1 aromatic heterocycles. The normalized spacial score (nSPS) is 14.5. The van der Waals surface area contributed by atoms with Crippen LogP contribution in [0.1, 0.15) is 41.7 Å². The van der Waals surface area contributed by atoms with Gasteiger partial charge in [-0.25, -0.2) is 0 Å². The van der Waals surface area contributed by atoms with Crippen molar-refractivity contribution in [3.63, 3.8) is 0 Å². The Labute approximate surface area is 176 Å².